The van der Waals surface area contributed by atoms with Crippen LogP contribution in [-0.2, 0) is 0 Å². The summed E-state index contributed by atoms with van der Waals surface area (Å²) in [5.74, 6) is 1.09. The molecule has 0 aromatic heterocycles. The number of para-hydroxylation sites is 2. The summed E-state index contributed by atoms with van der Waals surface area (Å²) in [6.45, 7) is 11.1. The lowest BCUT2D eigenvalue weighted by Crippen LogP contribution is -2.25. The van der Waals surface area contributed by atoms with E-state index in [0.717, 1.165) is 24.2 Å². The van der Waals surface area contributed by atoms with E-state index in [1.165, 1.54) is 29.7 Å². The third-order valence-electron chi connectivity index (χ3n) is 5.91. The highest BCUT2D eigenvalue weighted by Crippen LogP contribution is 2.38. The molecule has 0 heterocycles. The van der Waals surface area contributed by atoms with Crippen molar-refractivity contribution in [2.45, 2.75) is 72.1 Å². The van der Waals surface area contributed by atoms with E-state index in [0.29, 0.717) is 27.6 Å². The predicted molar refractivity (Wildman–Crippen MR) is 133 cm³/mol. The molecule has 2 nitrogen and oxygen atoms in total. The van der Waals surface area contributed by atoms with Gasteiger partial charge in [0.2, 0.25) is 0 Å². The smallest absolute Gasteiger partial charge is 0.100 e. The van der Waals surface area contributed by atoms with Crippen LogP contribution in [-0.4, -0.2) is 11.4 Å². The van der Waals surface area contributed by atoms with Gasteiger partial charge in [0.15, 0.2) is 0 Å². The van der Waals surface area contributed by atoms with Crippen molar-refractivity contribution in [3.63, 3.8) is 0 Å². The second-order valence-electron chi connectivity index (χ2n) is 8.82. The highest BCUT2D eigenvalue weighted by atomic mass is 35.5. The summed E-state index contributed by atoms with van der Waals surface area (Å²) in [5.41, 5.74) is 6.74. The molecule has 2 aromatic carbocycles. The molecule has 1 aliphatic rings. The molecule has 0 aliphatic heterocycles. The number of halogens is 2. The molecule has 1 fully saturated rings. The van der Waals surface area contributed by atoms with Gasteiger partial charge >= 0.3 is 0 Å². The van der Waals surface area contributed by atoms with Crippen LogP contribution >= 0.6 is 23.2 Å². The quantitative estimate of drug-likeness (QED) is 0.411. The molecule has 1 saturated carbocycles. The van der Waals surface area contributed by atoms with Gasteiger partial charge in [-0.1, -0.05) is 81.6 Å². The molecule has 0 saturated heterocycles. The molecule has 0 spiro atoms. The Bertz CT molecular complexity index is 911. The number of hydrogen-bond acceptors (Lipinski definition) is 2. The second kappa shape index (κ2) is 10.1. The Morgan fingerprint density at radius 2 is 1.43 bits per heavy atom. The normalized spacial score (nSPS) is 19.2. The number of aliphatic imine (C=N–C) groups is 2. The van der Waals surface area contributed by atoms with E-state index < -0.39 is 0 Å². The fourth-order valence-corrected chi connectivity index (χ4v) is 4.70. The van der Waals surface area contributed by atoms with Crippen molar-refractivity contribution >= 4 is 46.0 Å². The lowest BCUT2D eigenvalue weighted by molar-refractivity contribution is 0.611. The van der Waals surface area contributed by atoms with E-state index in [1.807, 2.05) is 18.2 Å². The molecular formula is C26H32Cl2N2. The van der Waals surface area contributed by atoms with Crippen LogP contribution in [0.25, 0.3) is 0 Å². The van der Waals surface area contributed by atoms with Crippen molar-refractivity contribution in [1.29, 1.82) is 0 Å². The third-order valence-corrected chi connectivity index (χ3v) is 6.52. The van der Waals surface area contributed by atoms with Crippen molar-refractivity contribution in [3.8, 4) is 0 Å². The fraction of sp³-hybridized carbons (Fsp3) is 0.462. The van der Waals surface area contributed by atoms with Crippen LogP contribution in [0.3, 0.4) is 0 Å². The van der Waals surface area contributed by atoms with Crippen LogP contribution < -0.4 is 0 Å². The van der Waals surface area contributed by atoms with Crippen molar-refractivity contribution in [3.05, 3.63) is 57.6 Å². The van der Waals surface area contributed by atoms with Crippen LogP contribution in [0.4, 0.5) is 11.4 Å². The average Bonchev–Trinajstić information content (AvgIpc) is 2.71. The largest absolute Gasteiger partial charge is 0.257 e. The van der Waals surface area contributed by atoms with E-state index in [4.69, 9.17) is 33.2 Å². The van der Waals surface area contributed by atoms with E-state index in [1.54, 1.807) is 0 Å². The summed E-state index contributed by atoms with van der Waals surface area (Å²) in [4.78, 5) is 10.2. The van der Waals surface area contributed by atoms with Gasteiger partial charge in [-0.2, -0.15) is 0 Å². The van der Waals surface area contributed by atoms with Gasteiger partial charge in [0, 0.05) is 17.3 Å². The van der Waals surface area contributed by atoms with Crippen LogP contribution in [0.5, 0.6) is 0 Å². The molecule has 0 amide bonds. The summed E-state index contributed by atoms with van der Waals surface area (Å²) in [6, 6.07) is 12.1. The van der Waals surface area contributed by atoms with Crippen LogP contribution in [0.15, 0.2) is 46.4 Å². The zero-order chi connectivity index (χ0) is 21.8. The van der Waals surface area contributed by atoms with Crippen molar-refractivity contribution in [2.24, 2.45) is 15.9 Å². The van der Waals surface area contributed by atoms with Gasteiger partial charge in [-0.3, -0.25) is 9.98 Å². The van der Waals surface area contributed by atoms with Crippen LogP contribution in [0, 0.1) is 5.92 Å². The molecule has 4 heteroatoms. The highest BCUT2D eigenvalue weighted by molar-refractivity contribution is 6.39. The molecule has 1 aliphatic carbocycles. The summed E-state index contributed by atoms with van der Waals surface area (Å²) in [7, 11) is 0. The summed E-state index contributed by atoms with van der Waals surface area (Å²) in [6.07, 6.45) is 4.45. The average molecular weight is 443 g/mol. The van der Waals surface area contributed by atoms with Gasteiger partial charge < -0.3 is 0 Å². The zero-order valence-electron chi connectivity index (χ0n) is 18.7. The monoisotopic (exact) mass is 442 g/mol. The molecular weight excluding hydrogens is 411 g/mol. The number of benzene rings is 2. The Hall–Kier alpha value is -1.64. The van der Waals surface area contributed by atoms with Gasteiger partial charge in [0.1, 0.15) is 5.69 Å². The van der Waals surface area contributed by atoms with Gasteiger partial charge in [-0.05, 0) is 61.3 Å². The van der Waals surface area contributed by atoms with E-state index in [2.05, 4.69) is 52.8 Å². The van der Waals surface area contributed by atoms with Crippen molar-refractivity contribution in [1.82, 2.24) is 0 Å². The predicted octanol–water partition coefficient (Wildman–Crippen LogP) is 9.30. The molecule has 1 atom stereocenters. The molecule has 0 radical (unpaired) electrons. The second-order valence-corrected chi connectivity index (χ2v) is 9.63. The maximum atomic E-state index is 6.37. The maximum absolute atomic E-state index is 6.37. The Morgan fingerprint density at radius 3 is 2.00 bits per heavy atom. The zero-order valence-corrected chi connectivity index (χ0v) is 20.2. The summed E-state index contributed by atoms with van der Waals surface area (Å²) >= 11 is 12.7. The fourth-order valence-electron chi connectivity index (χ4n) is 4.21. The number of rotatable bonds is 5. The minimum atomic E-state index is 0.228. The standard InChI is InChI=1S/C26H32Cl2N2/c1-16(2)19-11-8-12-20(17(3)4)25(19)30-24-15-7-6-10-21(24)18(5)29-26-22(27)13-9-14-23(26)28/h8-9,11-14,16-17,21H,6-7,10,15H2,1-5H3. The van der Waals surface area contributed by atoms with Gasteiger partial charge in [-0.25, -0.2) is 0 Å². The van der Waals surface area contributed by atoms with Gasteiger partial charge in [0.05, 0.1) is 15.7 Å². The van der Waals surface area contributed by atoms with E-state index in [-0.39, 0.29) is 5.92 Å². The highest BCUT2D eigenvalue weighted by Gasteiger charge is 2.25. The maximum Gasteiger partial charge on any atom is 0.100 e. The molecule has 0 bridgehead atoms. The Balaban J connectivity index is 2.07. The summed E-state index contributed by atoms with van der Waals surface area (Å²) in [5, 5.41) is 1.17. The molecule has 2 aromatic rings. The Morgan fingerprint density at radius 1 is 0.867 bits per heavy atom. The minimum Gasteiger partial charge on any atom is -0.257 e. The Labute approximate surface area is 191 Å². The number of hydrogen-bond donors (Lipinski definition) is 0. The van der Waals surface area contributed by atoms with Crippen molar-refractivity contribution < 1.29 is 0 Å². The molecule has 3 rings (SSSR count). The third kappa shape index (κ3) is 5.15. The molecule has 160 valence electrons. The first-order chi connectivity index (χ1) is 14.3. The lowest BCUT2D eigenvalue weighted by atomic mass is 9.83. The van der Waals surface area contributed by atoms with Crippen LogP contribution in [0.1, 0.15) is 83.3 Å². The minimum absolute atomic E-state index is 0.228. The lowest BCUT2D eigenvalue weighted by Gasteiger charge is -2.26. The number of nitrogens with zero attached hydrogens (tertiary/aromatic N) is 2. The SMILES string of the molecule is CC(=Nc1c(Cl)cccc1Cl)C1CCCCC1=Nc1c(C(C)C)cccc1C(C)C. The first kappa shape index (κ1) is 23.0. The van der Waals surface area contributed by atoms with Crippen molar-refractivity contribution in [2.75, 3.05) is 0 Å². The molecule has 1 unspecified atom stereocenters. The Kier molecular flexibility index (Phi) is 7.76. The topological polar surface area (TPSA) is 24.7 Å². The first-order valence-corrected chi connectivity index (χ1v) is 11.7. The summed E-state index contributed by atoms with van der Waals surface area (Å²) < 4.78 is 0. The first-order valence-electron chi connectivity index (χ1n) is 11.0. The van der Waals surface area contributed by atoms with Crippen LogP contribution in [0.2, 0.25) is 10.0 Å². The van der Waals surface area contributed by atoms with E-state index >= 15 is 0 Å². The van der Waals surface area contributed by atoms with E-state index in [9.17, 15) is 0 Å². The molecule has 0 N–H and O–H groups in total. The molecule has 30 heavy (non-hydrogen) atoms. The van der Waals surface area contributed by atoms with Gasteiger partial charge in [-0.15, -0.1) is 0 Å². The van der Waals surface area contributed by atoms with Gasteiger partial charge in [0.25, 0.3) is 0 Å².